The molecule has 3 rings (SSSR count). The van der Waals surface area contributed by atoms with Crippen molar-refractivity contribution in [2.45, 2.75) is 72.3 Å². The number of esters is 2. The Balaban J connectivity index is 1.38. The van der Waals surface area contributed by atoms with E-state index in [1.807, 2.05) is 0 Å². The number of hydrogen-bond donors (Lipinski definition) is 0. The lowest BCUT2D eigenvalue weighted by Gasteiger charge is -2.12. The van der Waals surface area contributed by atoms with E-state index < -0.39 is 0 Å². The van der Waals surface area contributed by atoms with Gasteiger partial charge in [-0.3, -0.25) is 9.59 Å². The van der Waals surface area contributed by atoms with Crippen molar-refractivity contribution in [2.24, 2.45) is 23.7 Å². The molecule has 0 amide bonds. The monoisotopic (exact) mass is 391 g/mol. The van der Waals surface area contributed by atoms with Gasteiger partial charge in [0, 0.05) is 12.5 Å². The van der Waals surface area contributed by atoms with E-state index in [1.54, 1.807) is 13.8 Å². The lowest BCUT2D eigenvalue weighted by Crippen LogP contribution is -2.14. The van der Waals surface area contributed by atoms with E-state index in [4.69, 9.17) is 9.47 Å². The number of aryl methyl sites for hydroxylation is 1. The van der Waals surface area contributed by atoms with E-state index in [0.29, 0.717) is 43.2 Å². The largest absolute Gasteiger partial charge is 0.465 e. The van der Waals surface area contributed by atoms with Crippen molar-refractivity contribution in [2.75, 3.05) is 13.2 Å². The summed E-state index contributed by atoms with van der Waals surface area (Å²) < 4.78 is 12.6. The minimum atomic E-state index is -0.223. The highest BCUT2D eigenvalue weighted by Gasteiger charge is 2.50. The highest BCUT2D eigenvalue weighted by Crippen LogP contribution is 2.53. The molecule has 0 N–H and O–H groups in total. The van der Waals surface area contributed by atoms with Gasteiger partial charge in [-0.25, -0.2) is 4.68 Å². The molecule has 1 heterocycles. The Bertz CT molecular complexity index is 698. The van der Waals surface area contributed by atoms with E-state index in [-0.39, 0.29) is 24.5 Å². The van der Waals surface area contributed by atoms with Crippen molar-refractivity contribution in [3.05, 3.63) is 11.4 Å². The van der Waals surface area contributed by atoms with Gasteiger partial charge >= 0.3 is 11.9 Å². The summed E-state index contributed by atoms with van der Waals surface area (Å²) in [7, 11) is 0. The SMILES string of the molecule is CC(C)C(=O)OCCCC(=O)OCC1C2CCc3nnn(C(C)C)c3CCC21. The molecule has 1 saturated carbocycles. The molecule has 7 nitrogen and oxygen atoms in total. The summed E-state index contributed by atoms with van der Waals surface area (Å²) in [6.45, 7) is 8.66. The van der Waals surface area contributed by atoms with Gasteiger partial charge < -0.3 is 9.47 Å². The average molecular weight is 392 g/mol. The summed E-state index contributed by atoms with van der Waals surface area (Å²) >= 11 is 0. The second-order valence-corrected chi connectivity index (χ2v) is 8.70. The van der Waals surface area contributed by atoms with Crippen LogP contribution in [0, 0.1) is 23.7 Å². The Kier molecular flexibility index (Phi) is 6.73. The Labute approximate surface area is 167 Å². The first-order valence-electron chi connectivity index (χ1n) is 10.6. The maximum Gasteiger partial charge on any atom is 0.308 e. The number of hydrogen-bond acceptors (Lipinski definition) is 6. The van der Waals surface area contributed by atoms with Crippen LogP contribution in [-0.4, -0.2) is 40.1 Å². The molecule has 3 atom stereocenters. The normalized spacial score (nSPS) is 23.6. The Morgan fingerprint density at radius 2 is 1.82 bits per heavy atom. The topological polar surface area (TPSA) is 83.3 Å². The summed E-state index contributed by atoms with van der Waals surface area (Å²) in [5.74, 6) is 1.20. The fourth-order valence-corrected chi connectivity index (χ4v) is 4.27. The fourth-order valence-electron chi connectivity index (χ4n) is 4.27. The Morgan fingerprint density at radius 3 is 2.50 bits per heavy atom. The van der Waals surface area contributed by atoms with Crippen LogP contribution in [-0.2, 0) is 31.9 Å². The molecule has 3 unspecified atom stereocenters. The maximum absolute atomic E-state index is 12.0. The molecule has 156 valence electrons. The van der Waals surface area contributed by atoms with E-state index in [2.05, 4.69) is 28.8 Å². The van der Waals surface area contributed by atoms with Gasteiger partial charge in [-0.1, -0.05) is 19.1 Å². The molecule has 1 aromatic rings. The highest BCUT2D eigenvalue weighted by atomic mass is 16.5. The predicted octanol–water partition coefficient (Wildman–Crippen LogP) is 3.12. The van der Waals surface area contributed by atoms with Crippen molar-refractivity contribution >= 4 is 11.9 Å². The third-order valence-corrected chi connectivity index (χ3v) is 5.98. The number of carbonyl (C=O) groups is 2. The van der Waals surface area contributed by atoms with Crippen molar-refractivity contribution in [1.82, 2.24) is 15.0 Å². The molecule has 2 aliphatic carbocycles. The third kappa shape index (κ3) is 4.92. The second-order valence-electron chi connectivity index (χ2n) is 8.70. The smallest absolute Gasteiger partial charge is 0.308 e. The van der Waals surface area contributed by atoms with Gasteiger partial charge in [-0.15, -0.1) is 5.10 Å². The van der Waals surface area contributed by atoms with E-state index in [0.717, 1.165) is 31.4 Å². The van der Waals surface area contributed by atoms with Gasteiger partial charge in [0.2, 0.25) is 0 Å². The Morgan fingerprint density at radius 1 is 1.11 bits per heavy atom. The number of nitrogens with zero attached hydrogens (tertiary/aromatic N) is 3. The number of aromatic nitrogens is 3. The predicted molar refractivity (Wildman–Crippen MR) is 104 cm³/mol. The number of fused-ring (bicyclic) bond motifs is 2. The zero-order valence-corrected chi connectivity index (χ0v) is 17.5. The lowest BCUT2D eigenvalue weighted by atomic mass is 10.0. The van der Waals surface area contributed by atoms with Crippen LogP contribution in [0.5, 0.6) is 0 Å². The van der Waals surface area contributed by atoms with Crippen LogP contribution in [0.3, 0.4) is 0 Å². The molecule has 0 aromatic carbocycles. The van der Waals surface area contributed by atoms with Crippen LogP contribution in [0.1, 0.15) is 70.8 Å². The maximum atomic E-state index is 12.0. The van der Waals surface area contributed by atoms with Gasteiger partial charge in [0.15, 0.2) is 0 Å². The molecule has 0 aliphatic heterocycles. The number of ether oxygens (including phenoxy) is 2. The summed E-state index contributed by atoms with van der Waals surface area (Å²) in [6, 6.07) is 0.335. The first-order valence-corrected chi connectivity index (χ1v) is 10.6. The minimum absolute atomic E-state index is 0.136. The summed E-state index contributed by atoms with van der Waals surface area (Å²) in [5, 5.41) is 8.71. The van der Waals surface area contributed by atoms with E-state index in [1.165, 1.54) is 5.69 Å². The quantitative estimate of drug-likeness (QED) is 0.500. The van der Waals surface area contributed by atoms with Crippen molar-refractivity contribution in [3.63, 3.8) is 0 Å². The number of rotatable bonds is 8. The Hall–Kier alpha value is -1.92. The summed E-state index contributed by atoms with van der Waals surface area (Å²) in [6.07, 6.45) is 5.00. The van der Waals surface area contributed by atoms with Gasteiger partial charge in [-0.05, 0) is 63.7 Å². The second kappa shape index (κ2) is 9.05. The van der Waals surface area contributed by atoms with Gasteiger partial charge in [-0.2, -0.15) is 0 Å². The lowest BCUT2D eigenvalue weighted by molar-refractivity contribution is -0.150. The van der Waals surface area contributed by atoms with Crippen LogP contribution in [0.4, 0.5) is 0 Å². The van der Waals surface area contributed by atoms with Crippen molar-refractivity contribution in [1.29, 1.82) is 0 Å². The van der Waals surface area contributed by atoms with E-state index >= 15 is 0 Å². The van der Waals surface area contributed by atoms with Gasteiger partial charge in [0.05, 0.1) is 30.5 Å². The molecule has 1 fully saturated rings. The first kappa shape index (κ1) is 20.8. The average Bonchev–Trinajstić information content (AvgIpc) is 3.12. The van der Waals surface area contributed by atoms with E-state index in [9.17, 15) is 9.59 Å². The van der Waals surface area contributed by atoms with Crippen LogP contribution in [0.2, 0.25) is 0 Å². The van der Waals surface area contributed by atoms with Crippen LogP contribution >= 0.6 is 0 Å². The molecule has 0 spiro atoms. The minimum Gasteiger partial charge on any atom is -0.465 e. The molecule has 0 bridgehead atoms. The number of carbonyl (C=O) groups excluding carboxylic acids is 2. The molecule has 2 aliphatic rings. The highest BCUT2D eigenvalue weighted by molar-refractivity contribution is 5.71. The van der Waals surface area contributed by atoms with Crippen molar-refractivity contribution in [3.8, 4) is 0 Å². The molecule has 0 saturated heterocycles. The van der Waals surface area contributed by atoms with Gasteiger partial charge in [0.25, 0.3) is 0 Å². The molecule has 7 heteroatoms. The molecule has 1 aromatic heterocycles. The zero-order valence-electron chi connectivity index (χ0n) is 17.5. The third-order valence-electron chi connectivity index (χ3n) is 5.98. The van der Waals surface area contributed by atoms with Crippen molar-refractivity contribution < 1.29 is 19.1 Å². The van der Waals surface area contributed by atoms with Crippen LogP contribution < -0.4 is 0 Å². The van der Waals surface area contributed by atoms with Crippen LogP contribution in [0.15, 0.2) is 0 Å². The first-order chi connectivity index (χ1) is 13.4. The molecular formula is C21H33N3O4. The zero-order chi connectivity index (χ0) is 20.3. The van der Waals surface area contributed by atoms with Crippen LogP contribution in [0.25, 0.3) is 0 Å². The standard InChI is InChI=1S/C21H33N3O4/c1-13(2)21(26)27-11-5-6-20(25)28-12-17-15-7-9-18-19(10-8-16(15)17)24(14(3)4)23-22-18/h13-17H,5-12H2,1-4H3. The summed E-state index contributed by atoms with van der Waals surface area (Å²) in [4.78, 5) is 23.4. The molecule has 28 heavy (non-hydrogen) atoms. The molecule has 0 radical (unpaired) electrons. The fraction of sp³-hybridized carbons (Fsp3) is 0.810. The molecular weight excluding hydrogens is 358 g/mol. The summed E-state index contributed by atoms with van der Waals surface area (Å²) in [5.41, 5.74) is 2.43. The van der Waals surface area contributed by atoms with Gasteiger partial charge in [0.1, 0.15) is 0 Å².